The van der Waals surface area contributed by atoms with Gasteiger partial charge in [-0.1, -0.05) is 36.4 Å². The van der Waals surface area contributed by atoms with Crippen LogP contribution in [0.2, 0.25) is 0 Å². The fourth-order valence-corrected chi connectivity index (χ4v) is 3.04. The maximum atomic E-state index is 12.5. The number of alkyl halides is 3. The summed E-state index contributed by atoms with van der Waals surface area (Å²) in [6, 6.07) is 13.4. The van der Waals surface area contributed by atoms with Crippen molar-refractivity contribution in [3.05, 3.63) is 83.4 Å². The Morgan fingerprint density at radius 3 is 2.39 bits per heavy atom. The first kappa shape index (κ1) is 26.5. The molecule has 0 aliphatic heterocycles. The number of aryl methyl sites for hydroxylation is 1. The number of hydrogen-bond acceptors (Lipinski definition) is 3. The zero-order valence-electron chi connectivity index (χ0n) is 18.4. The zero-order valence-corrected chi connectivity index (χ0v) is 20.7. The number of rotatable bonds is 8. The quantitative estimate of drug-likeness (QED) is 0.234. The molecule has 2 N–H and O–H groups in total. The van der Waals surface area contributed by atoms with Crippen LogP contribution in [0.1, 0.15) is 22.3 Å². The molecule has 0 aliphatic carbocycles. The summed E-state index contributed by atoms with van der Waals surface area (Å²) in [5.41, 5.74) is 3.68. The molecule has 6 nitrogen and oxygen atoms in total. The Bertz CT molecular complexity index is 1020. The SMILES string of the molecule is CN=C(NCc1ccc(Cn2ccnc2)cc1)NCc1ccc(C)cc1OCC(F)(F)F.I. The summed E-state index contributed by atoms with van der Waals surface area (Å²) in [5, 5.41) is 6.33. The minimum Gasteiger partial charge on any atom is -0.484 e. The molecule has 3 rings (SSSR count). The Hall–Kier alpha value is -2.76. The number of hydrogen-bond donors (Lipinski definition) is 2. The lowest BCUT2D eigenvalue weighted by Crippen LogP contribution is -2.36. The number of nitrogens with zero attached hydrogens (tertiary/aromatic N) is 3. The highest BCUT2D eigenvalue weighted by Crippen LogP contribution is 2.23. The molecule has 10 heteroatoms. The van der Waals surface area contributed by atoms with Crippen molar-refractivity contribution in [3.63, 3.8) is 0 Å². The van der Waals surface area contributed by atoms with Crippen LogP contribution in [-0.4, -0.2) is 35.3 Å². The van der Waals surface area contributed by atoms with Gasteiger partial charge in [-0.15, -0.1) is 24.0 Å². The van der Waals surface area contributed by atoms with Gasteiger partial charge in [-0.05, 0) is 29.7 Å². The summed E-state index contributed by atoms with van der Waals surface area (Å²) in [6.45, 7) is 2.06. The normalized spacial score (nSPS) is 11.6. The molecular formula is C23H27F3IN5O. The van der Waals surface area contributed by atoms with Crippen LogP contribution in [0.25, 0.3) is 0 Å². The first-order valence-corrected chi connectivity index (χ1v) is 10.1. The van der Waals surface area contributed by atoms with Gasteiger partial charge in [0, 0.05) is 44.6 Å². The number of nitrogens with one attached hydrogen (secondary N) is 2. The van der Waals surface area contributed by atoms with Gasteiger partial charge < -0.3 is 19.9 Å². The van der Waals surface area contributed by atoms with Gasteiger partial charge >= 0.3 is 6.18 Å². The van der Waals surface area contributed by atoms with Gasteiger partial charge in [-0.3, -0.25) is 4.99 Å². The Kier molecular flexibility index (Phi) is 10.0. The molecule has 0 spiro atoms. The summed E-state index contributed by atoms with van der Waals surface area (Å²) < 4.78 is 44.6. The van der Waals surface area contributed by atoms with E-state index in [2.05, 4.69) is 32.7 Å². The van der Waals surface area contributed by atoms with Crippen molar-refractivity contribution in [2.45, 2.75) is 32.7 Å². The lowest BCUT2D eigenvalue weighted by Gasteiger charge is -2.16. The van der Waals surface area contributed by atoms with Crippen LogP contribution in [0.15, 0.2) is 66.2 Å². The van der Waals surface area contributed by atoms with Crippen molar-refractivity contribution >= 4 is 29.9 Å². The molecule has 0 bridgehead atoms. The fourth-order valence-electron chi connectivity index (χ4n) is 3.04. The summed E-state index contributed by atoms with van der Waals surface area (Å²) in [5.74, 6) is 0.744. The Morgan fingerprint density at radius 1 is 1.06 bits per heavy atom. The standard InChI is InChI=1S/C23H26F3N5O.HI/c1-17-3-8-20(21(11-17)32-15-23(24,25)26)13-30-22(27-2)29-12-18-4-6-19(7-5-18)14-31-10-9-28-16-31;/h3-11,16H,12-15H2,1-2H3,(H2,27,29,30);1H. The lowest BCUT2D eigenvalue weighted by atomic mass is 10.1. The molecule has 178 valence electrons. The van der Waals surface area contributed by atoms with E-state index in [9.17, 15) is 13.2 Å². The molecule has 1 heterocycles. The number of halogens is 4. The van der Waals surface area contributed by atoms with E-state index >= 15 is 0 Å². The van der Waals surface area contributed by atoms with Gasteiger partial charge in [0.25, 0.3) is 0 Å². The van der Waals surface area contributed by atoms with Crippen molar-refractivity contribution in [3.8, 4) is 5.75 Å². The van der Waals surface area contributed by atoms with E-state index in [0.717, 1.165) is 17.7 Å². The van der Waals surface area contributed by atoms with Crippen LogP contribution >= 0.6 is 24.0 Å². The molecule has 1 aromatic heterocycles. The average molecular weight is 573 g/mol. The monoisotopic (exact) mass is 573 g/mol. The fraction of sp³-hybridized carbons (Fsp3) is 0.304. The van der Waals surface area contributed by atoms with Crippen LogP contribution in [0.4, 0.5) is 13.2 Å². The van der Waals surface area contributed by atoms with E-state index in [-0.39, 0.29) is 36.3 Å². The third-order valence-electron chi connectivity index (χ3n) is 4.69. The molecule has 2 aromatic carbocycles. The largest absolute Gasteiger partial charge is 0.484 e. The van der Waals surface area contributed by atoms with Crippen molar-refractivity contribution in [1.82, 2.24) is 20.2 Å². The number of ether oxygens (including phenoxy) is 1. The minimum atomic E-state index is -4.39. The number of imidazole rings is 1. The van der Waals surface area contributed by atoms with Crippen molar-refractivity contribution in [2.75, 3.05) is 13.7 Å². The molecule has 0 atom stereocenters. The maximum Gasteiger partial charge on any atom is 0.422 e. The second-order valence-electron chi connectivity index (χ2n) is 7.35. The Balaban J connectivity index is 0.00000385. The van der Waals surface area contributed by atoms with Gasteiger partial charge in [0.2, 0.25) is 0 Å². The topological polar surface area (TPSA) is 63.5 Å². The van der Waals surface area contributed by atoms with E-state index < -0.39 is 12.8 Å². The van der Waals surface area contributed by atoms with Crippen LogP contribution in [-0.2, 0) is 19.6 Å². The highest BCUT2D eigenvalue weighted by Gasteiger charge is 2.28. The smallest absolute Gasteiger partial charge is 0.422 e. The second kappa shape index (κ2) is 12.5. The van der Waals surface area contributed by atoms with Crippen LogP contribution < -0.4 is 15.4 Å². The van der Waals surface area contributed by atoms with Crippen LogP contribution in [0.3, 0.4) is 0 Å². The second-order valence-corrected chi connectivity index (χ2v) is 7.35. The van der Waals surface area contributed by atoms with E-state index in [4.69, 9.17) is 4.74 Å². The third kappa shape index (κ3) is 8.95. The molecule has 0 fully saturated rings. The summed E-state index contributed by atoms with van der Waals surface area (Å²) in [6.07, 6.45) is 1.05. The van der Waals surface area contributed by atoms with Gasteiger partial charge in [0.15, 0.2) is 12.6 Å². The summed E-state index contributed by atoms with van der Waals surface area (Å²) in [4.78, 5) is 8.22. The summed E-state index contributed by atoms with van der Waals surface area (Å²) in [7, 11) is 1.64. The highest BCUT2D eigenvalue weighted by atomic mass is 127. The molecular weight excluding hydrogens is 546 g/mol. The van der Waals surface area contributed by atoms with E-state index in [0.29, 0.717) is 18.1 Å². The first-order chi connectivity index (χ1) is 15.3. The molecule has 3 aromatic rings. The van der Waals surface area contributed by atoms with Gasteiger partial charge in [-0.2, -0.15) is 13.2 Å². The number of guanidine groups is 1. The first-order valence-electron chi connectivity index (χ1n) is 10.1. The van der Waals surface area contributed by atoms with Crippen LogP contribution in [0.5, 0.6) is 5.75 Å². The van der Waals surface area contributed by atoms with Gasteiger partial charge in [0.05, 0.1) is 6.33 Å². The average Bonchev–Trinajstić information content (AvgIpc) is 3.27. The molecule has 0 saturated heterocycles. The van der Waals surface area contributed by atoms with E-state index in [1.54, 1.807) is 38.6 Å². The van der Waals surface area contributed by atoms with Crippen molar-refractivity contribution < 1.29 is 17.9 Å². The lowest BCUT2D eigenvalue weighted by molar-refractivity contribution is -0.153. The Morgan fingerprint density at radius 2 is 1.76 bits per heavy atom. The Labute approximate surface area is 208 Å². The zero-order chi connectivity index (χ0) is 23.0. The van der Waals surface area contributed by atoms with Crippen molar-refractivity contribution in [1.29, 1.82) is 0 Å². The third-order valence-corrected chi connectivity index (χ3v) is 4.69. The predicted molar refractivity (Wildman–Crippen MR) is 133 cm³/mol. The molecule has 0 unspecified atom stereocenters. The maximum absolute atomic E-state index is 12.5. The van der Waals surface area contributed by atoms with E-state index in [1.807, 2.05) is 29.0 Å². The number of benzene rings is 2. The van der Waals surface area contributed by atoms with Crippen molar-refractivity contribution in [2.24, 2.45) is 4.99 Å². The van der Waals surface area contributed by atoms with Crippen LogP contribution in [0, 0.1) is 6.92 Å². The molecule has 0 amide bonds. The van der Waals surface area contributed by atoms with Gasteiger partial charge in [0.1, 0.15) is 5.75 Å². The molecule has 0 aliphatic rings. The molecule has 0 saturated carbocycles. The predicted octanol–water partition coefficient (Wildman–Crippen LogP) is 4.66. The highest BCUT2D eigenvalue weighted by molar-refractivity contribution is 14.0. The molecule has 33 heavy (non-hydrogen) atoms. The van der Waals surface area contributed by atoms with E-state index in [1.165, 1.54) is 5.56 Å². The minimum absolute atomic E-state index is 0. The summed E-state index contributed by atoms with van der Waals surface area (Å²) >= 11 is 0. The number of aromatic nitrogens is 2. The van der Waals surface area contributed by atoms with Gasteiger partial charge in [-0.25, -0.2) is 4.98 Å². The molecule has 0 radical (unpaired) electrons. The number of aliphatic imine (C=N–C) groups is 1.